The molecule has 84 valence electrons. The molecule has 0 aliphatic carbocycles. The lowest BCUT2D eigenvalue weighted by Gasteiger charge is -2.11. The van der Waals surface area contributed by atoms with E-state index in [1.165, 1.54) is 11.3 Å². The van der Waals surface area contributed by atoms with Gasteiger partial charge in [0.05, 0.1) is 5.69 Å². The highest BCUT2D eigenvalue weighted by Gasteiger charge is 2.05. The van der Waals surface area contributed by atoms with Gasteiger partial charge in [0.15, 0.2) is 0 Å². The number of nitrogens with zero attached hydrogens (tertiary/aromatic N) is 2. The average molecular weight is 215 g/mol. The van der Waals surface area contributed by atoms with Crippen LogP contribution in [0.1, 0.15) is 18.3 Å². The Morgan fingerprint density at radius 3 is 2.81 bits per heavy atom. The minimum Gasteiger partial charge on any atom is -0.313 e. The van der Waals surface area contributed by atoms with Crippen molar-refractivity contribution in [2.45, 2.75) is 20.4 Å². The second-order valence-electron chi connectivity index (χ2n) is 3.75. The molecule has 0 atom stereocenters. The van der Waals surface area contributed by atoms with Gasteiger partial charge in [-0.15, -0.1) is 0 Å². The Labute approximate surface area is 96.1 Å². The zero-order valence-corrected chi connectivity index (χ0v) is 9.77. The third-order valence-electron chi connectivity index (χ3n) is 2.64. The number of imidazole rings is 1. The van der Waals surface area contributed by atoms with Gasteiger partial charge in [0, 0.05) is 18.9 Å². The molecule has 0 fully saturated rings. The van der Waals surface area contributed by atoms with Gasteiger partial charge in [0.25, 0.3) is 0 Å². The summed E-state index contributed by atoms with van der Waals surface area (Å²) >= 11 is 0. The summed E-state index contributed by atoms with van der Waals surface area (Å²) < 4.78 is 2.12. The summed E-state index contributed by atoms with van der Waals surface area (Å²) in [7, 11) is 0. The molecule has 0 bridgehead atoms. The molecule has 0 aliphatic heterocycles. The lowest BCUT2D eigenvalue weighted by Crippen LogP contribution is -2.14. The van der Waals surface area contributed by atoms with Crippen LogP contribution in [-0.4, -0.2) is 16.1 Å². The molecule has 1 N–H and O–H groups in total. The summed E-state index contributed by atoms with van der Waals surface area (Å²) in [4.78, 5) is 4.26. The first-order valence-electron chi connectivity index (χ1n) is 5.62. The molecular formula is C13H17N3. The summed E-state index contributed by atoms with van der Waals surface area (Å²) in [5.74, 6) is 1.02. The molecule has 2 rings (SSSR count). The molecule has 1 aromatic heterocycles. The summed E-state index contributed by atoms with van der Waals surface area (Å²) in [5, 5.41) is 3.35. The van der Waals surface area contributed by atoms with Gasteiger partial charge in [-0.05, 0) is 25.1 Å². The van der Waals surface area contributed by atoms with E-state index < -0.39 is 0 Å². The van der Waals surface area contributed by atoms with Crippen LogP contribution in [0.4, 0.5) is 0 Å². The van der Waals surface area contributed by atoms with Crippen molar-refractivity contribution in [3.8, 4) is 5.69 Å². The van der Waals surface area contributed by atoms with Gasteiger partial charge < -0.3 is 9.88 Å². The molecular weight excluding hydrogens is 198 g/mol. The molecule has 0 saturated carbocycles. The van der Waals surface area contributed by atoms with Gasteiger partial charge in [0.1, 0.15) is 5.82 Å². The fourth-order valence-electron chi connectivity index (χ4n) is 1.79. The van der Waals surface area contributed by atoms with E-state index in [2.05, 4.69) is 46.1 Å². The number of aryl methyl sites for hydroxylation is 1. The Hall–Kier alpha value is -1.61. The maximum absolute atomic E-state index is 4.26. The van der Waals surface area contributed by atoms with Crippen LogP contribution in [0.15, 0.2) is 36.7 Å². The minimum atomic E-state index is 0.893. The third-order valence-corrected chi connectivity index (χ3v) is 2.64. The van der Waals surface area contributed by atoms with Crippen molar-refractivity contribution in [1.29, 1.82) is 0 Å². The van der Waals surface area contributed by atoms with Crippen LogP contribution < -0.4 is 5.32 Å². The molecule has 0 radical (unpaired) electrons. The predicted molar refractivity (Wildman–Crippen MR) is 65.7 cm³/mol. The van der Waals surface area contributed by atoms with Gasteiger partial charge in [-0.2, -0.15) is 0 Å². The minimum absolute atomic E-state index is 0.893. The van der Waals surface area contributed by atoms with Gasteiger partial charge in [0.2, 0.25) is 0 Å². The van der Waals surface area contributed by atoms with Crippen molar-refractivity contribution in [3.05, 3.63) is 48.0 Å². The lowest BCUT2D eigenvalue weighted by molar-refractivity contribution is 0.721. The summed E-state index contributed by atoms with van der Waals surface area (Å²) in [6.07, 6.45) is 3.83. The summed E-state index contributed by atoms with van der Waals surface area (Å²) in [6.45, 7) is 6.01. The fourth-order valence-corrected chi connectivity index (χ4v) is 1.79. The highest BCUT2D eigenvalue weighted by Crippen LogP contribution is 2.15. The lowest BCUT2D eigenvalue weighted by atomic mass is 10.1. The first-order chi connectivity index (χ1) is 7.83. The number of para-hydroxylation sites is 1. The highest BCUT2D eigenvalue weighted by atomic mass is 15.1. The van der Waals surface area contributed by atoms with E-state index in [0.717, 1.165) is 18.9 Å². The van der Waals surface area contributed by atoms with Crippen molar-refractivity contribution in [2.75, 3.05) is 6.54 Å². The predicted octanol–water partition coefficient (Wildman–Crippen LogP) is 2.29. The quantitative estimate of drug-likeness (QED) is 0.848. The van der Waals surface area contributed by atoms with E-state index in [0.29, 0.717) is 0 Å². The first kappa shape index (κ1) is 10.9. The standard InChI is InChI=1S/C13H17N3/c1-3-14-10-12-6-4-5-7-13(12)16-9-8-15-11(16)2/h4-9,14H,3,10H2,1-2H3. The first-order valence-corrected chi connectivity index (χ1v) is 5.62. The molecule has 0 amide bonds. The van der Waals surface area contributed by atoms with Gasteiger partial charge in [-0.25, -0.2) is 4.98 Å². The topological polar surface area (TPSA) is 29.9 Å². The van der Waals surface area contributed by atoms with Crippen LogP contribution in [0.25, 0.3) is 5.69 Å². The maximum Gasteiger partial charge on any atom is 0.110 e. The van der Waals surface area contributed by atoms with Crippen molar-refractivity contribution in [1.82, 2.24) is 14.9 Å². The normalized spacial score (nSPS) is 10.6. The zero-order chi connectivity index (χ0) is 11.4. The molecule has 0 saturated heterocycles. The van der Waals surface area contributed by atoms with E-state index in [9.17, 15) is 0 Å². The Morgan fingerprint density at radius 2 is 2.12 bits per heavy atom. The Bertz CT molecular complexity index is 460. The van der Waals surface area contributed by atoms with Crippen molar-refractivity contribution < 1.29 is 0 Å². The number of rotatable bonds is 4. The van der Waals surface area contributed by atoms with Crippen LogP contribution in [-0.2, 0) is 6.54 Å². The third kappa shape index (κ3) is 2.14. The van der Waals surface area contributed by atoms with E-state index in [1.807, 2.05) is 19.3 Å². The molecule has 0 spiro atoms. The number of nitrogens with one attached hydrogen (secondary N) is 1. The Morgan fingerprint density at radius 1 is 1.31 bits per heavy atom. The highest BCUT2D eigenvalue weighted by molar-refractivity contribution is 5.41. The second-order valence-corrected chi connectivity index (χ2v) is 3.75. The Balaban J connectivity index is 2.37. The smallest absolute Gasteiger partial charge is 0.110 e. The largest absolute Gasteiger partial charge is 0.313 e. The van der Waals surface area contributed by atoms with Crippen LogP contribution in [0.5, 0.6) is 0 Å². The monoisotopic (exact) mass is 215 g/mol. The van der Waals surface area contributed by atoms with Crippen LogP contribution in [0.2, 0.25) is 0 Å². The number of hydrogen-bond donors (Lipinski definition) is 1. The SMILES string of the molecule is CCNCc1ccccc1-n1ccnc1C. The van der Waals surface area contributed by atoms with Crippen LogP contribution in [0, 0.1) is 6.92 Å². The molecule has 2 aromatic rings. The maximum atomic E-state index is 4.26. The molecule has 1 aromatic carbocycles. The Kier molecular flexibility index (Phi) is 3.37. The number of aromatic nitrogens is 2. The van der Waals surface area contributed by atoms with E-state index in [-0.39, 0.29) is 0 Å². The average Bonchev–Trinajstić information content (AvgIpc) is 2.73. The molecule has 16 heavy (non-hydrogen) atoms. The summed E-state index contributed by atoms with van der Waals surface area (Å²) in [6, 6.07) is 8.41. The molecule has 3 nitrogen and oxygen atoms in total. The fraction of sp³-hybridized carbons (Fsp3) is 0.308. The van der Waals surface area contributed by atoms with Crippen LogP contribution >= 0.6 is 0 Å². The molecule has 1 heterocycles. The number of hydrogen-bond acceptors (Lipinski definition) is 2. The summed E-state index contributed by atoms with van der Waals surface area (Å²) in [5.41, 5.74) is 2.50. The van der Waals surface area contributed by atoms with Gasteiger partial charge >= 0.3 is 0 Å². The van der Waals surface area contributed by atoms with Crippen molar-refractivity contribution in [3.63, 3.8) is 0 Å². The molecule has 0 unspecified atom stereocenters. The second kappa shape index (κ2) is 4.94. The molecule has 0 aliphatic rings. The van der Waals surface area contributed by atoms with Crippen molar-refractivity contribution in [2.24, 2.45) is 0 Å². The zero-order valence-electron chi connectivity index (χ0n) is 9.77. The van der Waals surface area contributed by atoms with Gasteiger partial charge in [-0.1, -0.05) is 25.1 Å². The van der Waals surface area contributed by atoms with Crippen LogP contribution in [0.3, 0.4) is 0 Å². The number of benzene rings is 1. The van der Waals surface area contributed by atoms with E-state index in [1.54, 1.807) is 0 Å². The van der Waals surface area contributed by atoms with E-state index >= 15 is 0 Å². The molecule has 3 heteroatoms. The van der Waals surface area contributed by atoms with Crippen molar-refractivity contribution >= 4 is 0 Å². The van der Waals surface area contributed by atoms with Gasteiger partial charge in [-0.3, -0.25) is 0 Å². The van der Waals surface area contributed by atoms with E-state index in [4.69, 9.17) is 0 Å².